The van der Waals surface area contributed by atoms with E-state index in [1.54, 1.807) is 20.8 Å². The zero-order valence-corrected chi connectivity index (χ0v) is 10.9. The van der Waals surface area contributed by atoms with E-state index in [1.807, 2.05) is 0 Å². The first-order valence-electron chi connectivity index (χ1n) is 4.76. The van der Waals surface area contributed by atoms with Gasteiger partial charge in [0.25, 0.3) is 0 Å². The van der Waals surface area contributed by atoms with E-state index in [0.29, 0.717) is 0 Å². The average Bonchev–Trinajstić information content (AvgIpc) is 1.97. The van der Waals surface area contributed by atoms with Gasteiger partial charge in [0.1, 0.15) is 10.9 Å². The lowest BCUT2D eigenvalue weighted by atomic mass is 9.88. The van der Waals surface area contributed by atoms with Gasteiger partial charge in [-0.1, -0.05) is 0 Å². The van der Waals surface area contributed by atoms with Crippen molar-refractivity contribution < 1.29 is 22.7 Å². The van der Waals surface area contributed by atoms with Crippen molar-refractivity contribution in [1.82, 2.24) is 0 Å². The molecule has 0 heterocycles. The third-order valence-corrected chi connectivity index (χ3v) is 2.90. The van der Waals surface area contributed by atoms with Gasteiger partial charge in [-0.05, 0) is 34.6 Å². The molecule has 0 aromatic carbocycles. The molecule has 0 aliphatic carbocycles. The molecule has 0 saturated carbocycles. The van der Waals surface area contributed by atoms with E-state index in [4.69, 9.17) is 4.74 Å². The van der Waals surface area contributed by atoms with Crippen LogP contribution >= 0.6 is 12.6 Å². The minimum absolute atomic E-state index is 0.820. The summed E-state index contributed by atoms with van der Waals surface area (Å²) in [6.45, 7) is 6.62. The van der Waals surface area contributed by atoms with Gasteiger partial charge in [-0.2, -0.15) is 25.8 Å². The van der Waals surface area contributed by atoms with E-state index >= 15 is 0 Å². The third kappa shape index (κ3) is 3.88. The summed E-state index contributed by atoms with van der Waals surface area (Å²) in [5, 5.41) is -1.54. The maximum absolute atomic E-state index is 12.6. The Bertz CT molecular complexity index is 266. The Balaban J connectivity index is 4.81. The molecule has 0 saturated heterocycles. The van der Waals surface area contributed by atoms with Gasteiger partial charge in [0.2, 0.25) is 0 Å². The fourth-order valence-electron chi connectivity index (χ4n) is 0.807. The second kappa shape index (κ2) is 4.47. The van der Waals surface area contributed by atoms with Gasteiger partial charge in [0.15, 0.2) is 0 Å². The van der Waals surface area contributed by atoms with Crippen LogP contribution in [0.4, 0.5) is 13.2 Å². The number of ether oxygens (including phenoxy) is 1. The van der Waals surface area contributed by atoms with Crippen LogP contribution in [0, 0.1) is 5.41 Å². The molecule has 1 unspecified atom stereocenters. The third-order valence-electron chi connectivity index (χ3n) is 2.04. The molecule has 0 aromatic rings. The highest BCUT2D eigenvalue weighted by Gasteiger charge is 2.54. The summed E-state index contributed by atoms with van der Waals surface area (Å²) in [6, 6.07) is 0. The summed E-state index contributed by atoms with van der Waals surface area (Å²) in [7, 11) is 0. The first kappa shape index (κ1) is 15.6. The number of halogens is 3. The van der Waals surface area contributed by atoms with Gasteiger partial charge >= 0.3 is 12.1 Å². The SMILES string of the molecule is CC(C)(C)OC(=O)C(S)C(C)(C)C(F)(F)F. The molecule has 0 radical (unpaired) electrons. The summed E-state index contributed by atoms with van der Waals surface area (Å²) in [4.78, 5) is 11.5. The molecule has 0 spiro atoms. The van der Waals surface area contributed by atoms with Crippen LogP contribution in [0.1, 0.15) is 34.6 Å². The maximum Gasteiger partial charge on any atom is 0.395 e. The lowest BCUT2D eigenvalue weighted by Crippen LogP contribution is -2.46. The van der Waals surface area contributed by atoms with Crippen molar-refractivity contribution in [3.05, 3.63) is 0 Å². The molecule has 0 aliphatic heterocycles. The quantitative estimate of drug-likeness (QED) is 0.608. The zero-order chi connectivity index (χ0) is 13.4. The maximum atomic E-state index is 12.6. The molecule has 0 N–H and O–H groups in total. The highest BCUT2D eigenvalue weighted by atomic mass is 32.1. The number of carbonyl (C=O) groups excluding carboxylic acids is 1. The van der Waals surface area contributed by atoms with Gasteiger partial charge in [-0.15, -0.1) is 0 Å². The molecule has 0 bridgehead atoms. The number of hydrogen-bond donors (Lipinski definition) is 1. The molecule has 0 aliphatic rings. The van der Waals surface area contributed by atoms with Crippen LogP contribution in [0.3, 0.4) is 0 Å². The molecule has 0 rings (SSSR count). The molecule has 6 heteroatoms. The van der Waals surface area contributed by atoms with Crippen molar-refractivity contribution in [3.8, 4) is 0 Å². The number of hydrogen-bond acceptors (Lipinski definition) is 3. The van der Waals surface area contributed by atoms with Gasteiger partial charge in [0.05, 0.1) is 5.41 Å². The average molecular weight is 258 g/mol. The summed E-state index contributed by atoms with van der Waals surface area (Å²) >= 11 is 3.72. The molecular weight excluding hydrogens is 241 g/mol. The van der Waals surface area contributed by atoms with Crippen LogP contribution in [0.15, 0.2) is 0 Å². The number of esters is 1. The van der Waals surface area contributed by atoms with Crippen LogP contribution in [0.2, 0.25) is 0 Å². The Morgan fingerprint density at radius 1 is 1.12 bits per heavy atom. The van der Waals surface area contributed by atoms with Crippen molar-refractivity contribution in [2.45, 2.75) is 51.6 Å². The number of thiol groups is 1. The van der Waals surface area contributed by atoms with Crippen molar-refractivity contribution in [1.29, 1.82) is 0 Å². The Morgan fingerprint density at radius 2 is 1.50 bits per heavy atom. The predicted octanol–water partition coefficient (Wildman–Crippen LogP) is 3.22. The standard InChI is InChI=1S/C10H17F3O2S/c1-8(2,3)15-7(14)6(16)9(4,5)10(11,12)13/h6,16H,1-5H3. The van der Waals surface area contributed by atoms with Crippen LogP contribution in [0.5, 0.6) is 0 Å². The fraction of sp³-hybridized carbons (Fsp3) is 0.900. The highest BCUT2D eigenvalue weighted by molar-refractivity contribution is 7.81. The second-order valence-electron chi connectivity index (χ2n) is 5.16. The largest absolute Gasteiger partial charge is 0.459 e. The molecule has 96 valence electrons. The number of rotatable bonds is 2. The minimum atomic E-state index is -4.50. The van der Waals surface area contributed by atoms with Gasteiger partial charge in [0, 0.05) is 0 Å². The molecular formula is C10H17F3O2S. The molecule has 0 amide bonds. The van der Waals surface area contributed by atoms with E-state index in [2.05, 4.69) is 12.6 Å². The molecule has 16 heavy (non-hydrogen) atoms. The first-order chi connectivity index (χ1) is 6.79. The lowest BCUT2D eigenvalue weighted by molar-refractivity contribution is -0.216. The second-order valence-corrected chi connectivity index (χ2v) is 5.67. The lowest BCUT2D eigenvalue weighted by Gasteiger charge is -2.33. The van der Waals surface area contributed by atoms with E-state index in [1.165, 1.54) is 0 Å². The normalized spacial score (nSPS) is 15.8. The molecule has 1 atom stereocenters. The fourth-order valence-corrected chi connectivity index (χ4v) is 1.01. The molecule has 0 aromatic heterocycles. The van der Waals surface area contributed by atoms with Gasteiger partial charge in [-0.3, -0.25) is 4.79 Å². The van der Waals surface area contributed by atoms with Crippen LogP contribution in [0.25, 0.3) is 0 Å². The van der Waals surface area contributed by atoms with E-state index in [0.717, 1.165) is 13.8 Å². The Morgan fingerprint density at radius 3 is 1.75 bits per heavy atom. The monoisotopic (exact) mass is 258 g/mol. The van der Waals surface area contributed by atoms with Crippen LogP contribution in [-0.2, 0) is 9.53 Å². The minimum Gasteiger partial charge on any atom is -0.459 e. The van der Waals surface area contributed by atoms with Crippen LogP contribution < -0.4 is 0 Å². The zero-order valence-electron chi connectivity index (χ0n) is 9.97. The van der Waals surface area contributed by atoms with E-state index in [-0.39, 0.29) is 0 Å². The predicted molar refractivity (Wildman–Crippen MR) is 58.5 cm³/mol. The first-order valence-corrected chi connectivity index (χ1v) is 5.28. The highest BCUT2D eigenvalue weighted by Crippen LogP contribution is 2.43. The Kier molecular flexibility index (Phi) is 4.36. The van der Waals surface area contributed by atoms with E-state index in [9.17, 15) is 18.0 Å². The van der Waals surface area contributed by atoms with Crippen molar-refractivity contribution in [2.24, 2.45) is 5.41 Å². The van der Waals surface area contributed by atoms with Crippen molar-refractivity contribution in [2.75, 3.05) is 0 Å². The molecule has 2 nitrogen and oxygen atoms in total. The van der Waals surface area contributed by atoms with Gasteiger partial charge in [-0.25, -0.2) is 0 Å². The molecule has 0 fully saturated rings. The van der Waals surface area contributed by atoms with Crippen molar-refractivity contribution in [3.63, 3.8) is 0 Å². The van der Waals surface area contributed by atoms with E-state index < -0.39 is 28.4 Å². The summed E-state index contributed by atoms with van der Waals surface area (Å²) < 4.78 is 42.7. The smallest absolute Gasteiger partial charge is 0.395 e. The Hall–Kier alpha value is -0.390. The number of carbonyl (C=O) groups is 1. The number of alkyl halides is 3. The summed E-state index contributed by atoms with van der Waals surface area (Å²) in [5.74, 6) is -0.960. The summed E-state index contributed by atoms with van der Waals surface area (Å²) in [5.41, 5.74) is -3.04. The Labute approximate surface area is 99.0 Å². The van der Waals surface area contributed by atoms with Crippen LogP contribution in [-0.4, -0.2) is 23.0 Å². The van der Waals surface area contributed by atoms with Gasteiger partial charge < -0.3 is 4.74 Å². The summed E-state index contributed by atoms with van der Waals surface area (Å²) in [6.07, 6.45) is -4.50. The topological polar surface area (TPSA) is 26.3 Å². The van der Waals surface area contributed by atoms with Crippen molar-refractivity contribution >= 4 is 18.6 Å².